The monoisotopic (exact) mass is 394 g/mol. The van der Waals surface area contributed by atoms with Crippen LogP contribution in [0, 0.1) is 0 Å². The van der Waals surface area contributed by atoms with E-state index in [1.165, 1.54) is 0 Å². The van der Waals surface area contributed by atoms with E-state index in [-0.39, 0.29) is 24.6 Å². The number of rotatable bonds is 9. The highest BCUT2D eigenvalue weighted by atomic mass is 32.2. The van der Waals surface area contributed by atoms with Gasteiger partial charge in [0.15, 0.2) is 6.61 Å². The van der Waals surface area contributed by atoms with Crippen LogP contribution < -0.4 is 10.6 Å². The Hall–Kier alpha value is -2.06. The second kappa shape index (κ2) is 10.9. The highest BCUT2D eigenvalue weighted by molar-refractivity contribution is 7.99. The van der Waals surface area contributed by atoms with Crippen molar-refractivity contribution in [1.82, 2.24) is 10.6 Å². The van der Waals surface area contributed by atoms with Crippen molar-refractivity contribution in [3.63, 3.8) is 0 Å². The van der Waals surface area contributed by atoms with Crippen molar-refractivity contribution >= 4 is 29.5 Å². The average Bonchev–Trinajstić information content (AvgIpc) is 3.16. The second-order valence-electron chi connectivity index (χ2n) is 6.52. The van der Waals surface area contributed by atoms with E-state index >= 15 is 0 Å². The molecule has 2 amide bonds. The van der Waals surface area contributed by atoms with Gasteiger partial charge in [0, 0.05) is 23.3 Å². The van der Waals surface area contributed by atoms with Crippen molar-refractivity contribution in [1.29, 1.82) is 0 Å². The fourth-order valence-corrected chi connectivity index (χ4v) is 3.64. The Bertz CT molecular complexity index is 659. The van der Waals surface area contributed by atoms with E-state index in [9.17, 15) is 14.4 Å². The van der Waals surface area contributed by atoms with Crippen molar-refractivity contribution in [3.8, 4) is 0 Å². The maximum absolute atomic E-state index is 12.3. The molecule has 0 spiro atoms. The highest BCUT2D eigenvalue weighted by Gasteiger charge is 2.19. The molecule has 2 rings (SSSR count). The normalized spacial score (nSPS) is 16.2. The number of carbonyl (C=O) groups is 3. The fourth-order valence-electron chi connectivity index (χ4n) is 2.53. The molecule has 0 aliphatic carbocycles. The minimum atomic E-state index is -0.563. The highest BCUT2D eigenvalue weighted by Crippen LogP contribution is 2.27. The minimum absolute atomic E-state index is 0.00383. The molecule has 1 aliphatic rings. The van der Waals surface area contributed by atoms with E-state index in [2.05, 4.69) is 10.6 Å². The molecule has 1 fully saturated rings. The van der Waals surface area contributed by atoms with Gasteiger partial charge in [-0.1, -0.05) is 12.1 Å². The lowest BCUT2D eigenvalue weighted by Crippen LogP contribution is -2.41. The number of amides is 2. The third kappa shape index (κ3) is 7.60. The smallest absolute Gasteiger partial charge is 0.339 e. The fraction of sp³-hybridized carbons (Fsp3) is 0.526. The Labute approximate surface area is 163 Å². The van der Waals surface area contributed by atoms with E-state index in [0.717, 1.165) is 30.1 Å². The van der Waals surface area contributed by atoms with Crippen LogP contribution >= 0.6 is 11.8 Å². The summed E-state index contributed by atoms with van der Waals surface area (Å²) in [5.74, 6) is -0.602. The molecule has 0 unspecified atom stereocenters. The quantitative estimate of drug-likeness (QED) is 0.490. The predicted molar refractivity (Wildman–Crippen MR) is 103 cm³/mol. The van der Waals surface area contributed by atoms with Gasteiger partial charge in [0.05, 0.1) is 18.2 Å². The van der Waals surface area contributed by atoms with Crippen LogP contribution in [0.3, 0.4) is 0 Å². The van der Waals surface area contributed by atoms with Gasteiger partial charge in [-0.3, -0.25) is 9.59 Å². The number of hydrogen-bond acceptors (Lipinski definition) is 6. The molecule has 27 heavy (non-hydrogen) atoms. The molecular weight excluding hydrogens is 368 g/mol. The lowest BCUT2D eigenvalue weighted by molar-refractivity contribution is -0.128. The predicted octanol–water partition coefficient (Wildman–Crippen LogP) is 1.76. The first kappa shape index (κ1) is 21.2. The van der Waals surface area contributed by atoms with E-state index in [1.807, 2.05) is 26.0 Å². The molecule has 1 aliphatic heterocycles. The maximum Gasteiger partial charge on any atom is 0.339 e. The van der Waals surface area contributed by atoms with E-state index in [1.54, 1.807) is 23.9 Å². The van der Waals surface area contributed by atoms with Gasteiger partial charge in [-0.2, -0.15) is 0 Å². The van der Waals surface area contributed by atoms with Gasteiger partial charge >= 0.3 is 5.97 Å². The van der Waals surface area contributed by atoms with E-state index in [4.69, 9.17) is 9.47 Å². The molecule has 1 aromatic carbocycles. The van der Waals surface area contributed by atoms with Crippen molar-refractivity contribution in [2.75, 3.05) is 25.5 Å². The number of benzene rings is 1. The first-order valence-corrected chi connectivity index (χ1v) is 10.0. The standard InChI is InChI=1S/C19H26N2O5S/c1-13(2)21-17(22)10-20-18(23)11-26-19(24)15-7-3-4-8-16(15)27-12-14-6-5-9-25-14/h3-4,7-8,13-14H,5-6,9-12H2,1-2H3,(H,20,23)(H,21,22)/t14-/m1/s1. The lowest BCUT2D eigenvalue weighted by atomic mass is 10.2. The summed E-state index contributed by atoms with van der Waals surface area (Å²) < 4.78 is 10.7. The zero-order chi connectivity index (χ0) is 19.6. The average molecular weight is 394 g/mol. The van der Waals surface area contributed by atoms with Crippen LogP contribution in [0.4, 0.5) is 0 Å². The number of hydrogen-bond donors (Lipinski definition) is 2. The molecule has 1 atom stereocenters. The molecule has 0 aromatic heterocycles. The number of thioether (sulfide) groups is 1. The first-order chi connectivity index (χ1) is 13.0. The summed E-state index contributed by atoms with van der Waals surface area (Å²) in [6.45, 7) is 3.87. The first-order valence-electron chi connectivity index (χ1n) is 9.02. The summed E-state index contributed by atoms with van der Waals surface area (Å²) in [5, 5.41) is 5.08. The molecule has 148 valence electrons. The summed E-state index contributed by atoms with van der Waals surface area (Å²) in [6, 6.07) is 7.13. The van der Waals surface area contributed by atoms with Crippen LogP contribution in [0.25, 0.3) is 0 Å². The van der Waals surface area contributed by atoms with Gasteiger partial charge in [-0.05, 0) is 38.8 Å². The van der Waals surface area contributed by atoms with E-state index in [0.29, 0.717) is 5.56 Å². The molecule has 7 nitrogen and oxygen atoms in total. The number of ether oxygens (including phenoxy) is 2. The SMILES string of the molecule is CC(C)NC(=O)CNC(=O)COC(=O)c1ccccc1SC[C@H]1CCCO1. The van der Waals surface area contributed by atoms with E-state index < -0.39 is 18.5 Å². The van der Waals surface area contributed by atoms with Crippen LogP contribution in [0.15, 0.2) is 29.2 Å². The summed E-state index contributed by atoms with van der Waals surface area (Å²) in [5.41, 5.74) is 0.422. The molecule has 1 heterocycles. The summed E-state index contributed by atoms with van der Waals surface area (Å²) in [7, 11) is 0. The lowest BCUT2D eigenvalue weighted by Gasteiger charge is -2.12. The molecule has 1 aromatic rings. The third-order valence-electron chi connectivity index (χ3n) is 3.79. The number of nitrogens with one attached hydrogen (secondary N) is 2. The molecule has 0 saturated carbocycles. The summed E-state index contributed by atoms with van der Waals surface area (Å²) in [4.78, 5) is 36.4. The molecule has 0 bridgehead atoms. The molecule has 2 N–H and O–H groups in total. The van der Waals surface area contributed by atoms with Gasteiger partial charge in [-0.15, -0.1) is 11.8 Å². The molecular formula is C19H26N2O5S. The van der Waals surface area contributed by atoms with Crippen molar-refractivity contribution in [2.45, 2.75) is 43.7 Å². The van der Waals surface area contributed by atoms with Crippen LogP contribution in [0.2, 0.25) is 0 Å². The third-order valence-corrected chi connectivity index (χ3v) is 4.99. The van der Waals surface area contributed by atoms with Crippen molar-refractivity contribution in [3.05, 3.63) is 29.8 Å². The maximum atomic E-state index is 12.3. The molecule has 1 saturated heterocycles. The summed E-state index contributed by atoms with van der Waals surface area (Å²) in [6.07, 6.45) is 2.31. The van der Waals surface area contributed by atoms with Crippen LogP contribution in [-0.2, 0) is 19.1 Å². The number of carbonyl (C=O) groups excluding carboxylic acids is 3. The van der Waals surface area contributed by atoms with Gasteiger partial charge in [0.2, 0.25) is 5.91 Å². The zero-order valence-electron chi connectivity index (χ0n) is 15.7. The van der Waals surface area contributed by atoms with Crippen LogP contribution in [-0.4, -0.2) is 55.4 Å². The Morgan fingerprint density at radius 2 is 2.04 bits per heavy atom. The van der Waals surface area contributed by atoms with Gasteiger partial charge in [-0.25, -0.2) is 4.79 Å². The van der Waals surface area contributed by atoms with Gasteiger partial charge in [0.1, 0.15) is 0 Å². The second-order valence-corrected chi connectivity index (χ2v) is 7.58. The van der Waals surface area contributed by atoms with Crippen LogP contribution in [0.5, 0.6) is 0 Å². The Morgan fingerprint density at radius 3 is 2.74 bits per heavy atom. The number of esters is 1. The Balaban J connectivity index is 1.79. The van der Waals surface area contributed by atoms with Crippen molar-refractivity contribution in [2.24, 2.45) is 0 Å². The Kier molecular flexibility index (Phi) is 8.60. The summed E-state index contributed by atoms with van der Waals surface area (Å²) >= 11 is 1.55. The minimum Gasteiger partial charge on any atom is -0.452 e. The van der Waals surface area contributed by atoms with Crippen LogP contribution in [0.1, 0.15) is 37.0 Å². The molecule has 8 heteroatoms. The largest absolute Gasteiger partial charge is 0.452 e. The van der Waals surface area contributed by atoms with Crippen molar-refractivity contribution < 1.29 is 23.9 Å². The van der Waals surface area contributed by atoms with Gasteiger partial charge < -0.3 is 20.1 Å². The topological polar surface area (TPSA) is 93.7 Å². The Morgan fingerprint density at radius 1 is 1.26 bits per heavy atom. The van der Waals surface area contributed by atoms with Gasteiger partial charge in [0.25, 0.3) is 5.91 Å². The molecule has 0 radical (unpaired) electrons. The zero-order valence-corrected chi connectivity index (χ0v) is 16.5.